The van der Waals surface area contributed by atoms with Gasteiger partial charge in [-0.3, -0.25) is 4.79 Å². The predicted molar refractivity (Wildman–Crippen MR) is 101 cm³/mol. The highest BCUT2D eigenvalue weighted by atomic mass is 16.5. The number of rotatable bonds is 6. The van der Waals surface area contributed by atoms with Gasteiger partial charge in [-0.05, 0) is 30.7 Å². The van der Waals surface area contributed by atoms with E-state index in [9.17, 15) is 4.79 Å². The molecule has 0 saturated heterocycles. The highest BCUT2D eigenvalue weighted by Gasteiger charge is 2.10. The smallest absolute Gasteiger partial charge is 0.270 e. The maximum atomic E-state index is 12.4. The van der Waals surface area contributed by atoms with Crippen molar-refractivity contribution in [3.05, 3.63) is 77.6 Å². The van der Waals surface area contributed by atoms with E-state index in [1.165, 1.54) is 0 Å². The van der Waals surface area contributed by atoms with Crippen molar-refractivity contribution in [1.29, 1.82) is 0 Å². The average molecular weight is 348 g/mol. The SMILES string of the molecule is COc1ccccc1Nc1nccc(C(=O)NCc2cccc(C)c2)n1. The van der Waals surface area contributed by atoms with Gasteiger partial charge in [-0.25, -0.2) is 9.97 Å². The molecule has 0 fully saturated rings. The maximum absolute atomic E-state index is 12.4. The second-order valence-corrected chi connectivity index (χ2v) is 5.76. The van der Waals surface area contributed by atoms with Gasteiger partial charge in [0.25, 0.3) is 5.91 Å². The third-order valence-electron chi connectivity index (χ3n) is 3.78. The lowest BCUT2D eigenvalue weighted by atomic mass is 10.1. The number of carbonyl (C=O) groups excluding carboxylic acids is 1. The third kappa shape index (κ3) is 4.36. The molecule has 3 rings (SSSR count). The van der Waals surface area contributed by atoms with E-state index < -0.39 is 0 Å². The zero-order chi connectivity index (χ0) is 18.4. The number of para-hydroxylation sites is 2. The Hall–Kier alpha value is -3.41. The van der Waals surface area contributed by atoms with Crippen LogP contribution in [0.5, 0.6) is 5.75 Å². The predicted octanol–water partition coefficient (Wildman–Crippen LogP) is 3.47. The zero-order valence-electron chi connectivity index (χ0n) is 14.7. The number of carbonyl (C=O) groups is 1. The van der Waals surface area contributed by atoms with Gasteiger partial charge in [0.2, 0.25) is 5.95 Å². The van der Waals surface area contributed by atoms with Crippen LogP contribution in [0.15, 0.2) is 60.8 Å². The van der Waals surface area contributed by atoms with Crippen molar-refractivity contribution in [2.24, 2.45) is 0 Å². The molecule has 6 nitrogen and oxygen atoms in total. The molecule has 0 aliphatic heterocycles. The fraction of sp³-hybridized carbons (Fsp3) is 0.150. The minimum Gasteiger partial charge on any atom is -0.495 e. The Morgan fingerprint density at radius 2 is 1.96 bits per heavy atom. The quantitative estimate of drug-likeness (QED) is 0.713. The fourth-order valence-corrected chi connectivity index (χ4v) is 2.51. The Balaban J connectivity index is 1.69. The number of benzene rings is 2. The number of nitrogens with one attached hydrogen (secondary N) is 2. The Morgan fingerprint density at radius 3 is 2.77 bits per heavy atom. The molecule has 1 amide bonds. The van der Waals surface area contributed by atoms with Crippen molar-refractivity contribution in [1.82, 2.24) is 15.3 Å². The number of ether oxygens (including phenoxy) is 1. The molecule has 26 heavy (non-hydrogen) atoms. The molecule has 0 aliphatic carbocycles. The molecule has 0 atom stereocenters. The lowest BCUT2D eigenvalue weighted by molar-refractivity contribution is 0.0946. The lowest BCUT2D eigenvalue weighted by Gasteiger charge is -2.10. The number of hydrogen-bond donors (Lipinski definition) is 2. The normalized spacial score (nSPS) is 10.2. The maximum Gasteiger partial charge on any atom is 0.270 e. The van der Waals surface area contributed by atoms with Gasteiger partial charge in [0, 0.05) is 12.7 Å². The van der Waals surface area contributed by atoms with Gasteiger partial charge in [-0.15, -0.1) is 0 Å². The van der Waals surface area contributed by atoms with Gasteiger partial charge in [-0.1, -0.05) is 42.0 Å². The van der Waals surface area contributed by atoms with Crippen LogP contribution < -0.4 is 15.4 Å². The van der Waals surface area contributed by atoms with Gasteiger partial charge in [0.05, 0.1) is 12.8 Å². The standard InChI is InChI=1S/C20H20N4O2/c1-14-6-5-7-15(12-14)13-22-19(25)17-10-11-21-20(24-17)23-16-8-3-4-9-18(16)26-2/h3-12H,13H2,1-2H3,(H,22,25)(H,21,23,24). The van der Waals surface area contributed by atoms with Crippen molar-refractivity contribution in [3.8, 4) is 5.75 Å². The van der Waals surface area contributed by atoms with E-state index in [4.69, 9.17) is 4.74 Å². The number of hydrogen-bond acceptors (Lipinski definition) is 5. The second-order valence-electron chi connectivity index (χ2n) is 5.76. The molecular weight excluding hydrogens is 328 g/mol. The summed E-state index contributed by atoms with van der Waals surface area (Å²) >= 11 is 0. The molecule has 2 N–H and O–H groups in total. The Morgan fingerprint density at radius 1 is 1.12 bits per heavy atom. The third-order valence-corrected chi connectivity index (χ3v) is 3.78. The van der Waals surface area contributed by atoms with Crippen molar-refractivity contribution in [3.63, 3.8) is 0 Å². The van der Waals surface area contributed by atoms with Gasteiger partial charge < -0.3 is 15.4 Å². The van der Waals surface area contributed by atoms with Gasteiger partial charge in [0.15, 0.2) is 0 Å². The van der Waals surface area contributed by atoms with Crippen LogP contribution in [0.4, 0.5) is 11.6 Å². The molecule has 0 aliphatic rings. The van der Waals surface area contributed by atoms with Gasteiger partial charge in [-0.2, -0.15) is 0 Å². The summed E-state index contributed by atoms with van der Waals surface area (Å²) in [6, 6.07) is 17.0. The highest BCUT2D eigenvalue weighted by Crippen LogP contribution is 2.25. The summed E-state index contributed by atoms with van der Waals surface area (Å²) in [5.41, 5.74) is 3.22. The minimum absolute atomic E-state index is 0.253. The Bertz CT molecular complexity index is 912. The summed E-state index contributed by atoms with van der Waals surface area (Å²) in [5.74, 6) is 0.750. The minimum atomic E-state index is -0.253. The molecule has 3 aromatic rings. The highest BCUT2D eigenvalue weighted by molar-refractivity contribution is 5.92. The van der Waals surface area contributed by atoms with Crippen LogP contribution in [-0.4, -0.2) is 23.0 Å². The van der Waals surface area contributed by atoms with E-state index >= 15 is 0 Å². The molecule has 0 unspecified atom stereocenters. The largest absolute Gasteiger partial charge is 0.495 e. The van der Waals surface area contributed by atoms with E-state index in [1.807, 2.05) is 55.5 Å². The molecule has 0 spiro atoms. The fourth-order valence-electron chi connectivity index (χ4n) is 2.51. The van der Waals surface area contributed by atoms with Gasteiger partial charge >= 0.3 is 0 Å². The van der Waals surface area contributed by atoms with Crippen LogP contribution in [0.3, 0.4) is 0 Å². The van der Waals surface area contributed by atoms with E-state index in [0.717, 1.165) is 16.8 Å². The monoisotopic (exact) mass is 348 g/mol. The number of anilines is 2. The van der Waals surface area contributed by atoms with E-state index in [2.05, 4.69) is 20.6 Å². The van der Waals surface area contributed by atoms with Crippen LogP contribution in [-0.2, 0) is 6.54 Å². The van der Waals surface area contributed by atoms with Crippen molar-refractivity contribution >= 4 is 17.5 Å². The number of aromatic nitrogens is 2. The Kier molecular flexibility index (Phi) is 5.43. The van der Waals surface area contributed by atoms with Crippen LogP contribution >= 0.6 is 0 Å². The first-order valence-corrected chi connectivity index (χ1v) is 8.22. The lowest BCUT2D eigenvalue weighted by Crippen LogP contribution is -2.24. The van der Waals surface area contributed by atoms with Crippen LogP contribution in [0.1, 0.15) is 21.6 Å². The molecule has 0 bridgehead atoms. The summed E-state index contributed by atoms with van der Waals surface area (Å²) in [6.07, 6.45) is 1.55. The molecule has 132 valence electrons. The van der Waals surface area contributed by atoms with Crippen molar-refractivity contribution in [2.75, 3.05) is 12.4 Å². The first-order chi connectivity index (χ1) is 12.7. The zero-order valence-corrected chi connectivity index (χ0v) is 14.7. The second kappa shape index (κ2) is 8.11. The first-order valence-electron chi connectivity index (χ1n) is 8.22. The summed E-state index contributed by atoms with van der Waals surface area (Å²) in [4.78, 5) is 20.8. The van der Waals surface area contributed by atoms with Crippen molar-refractivity contribution < 1.29 is 9.53 Å². The molecule has 1 heterocycles. The van der Waals surface area contributed by atoms with Crippen molar-refractivity contribution in [2.45, 2.75) is 13.5 Å². The van der Waals surface area contributed by atoms with Crippen LogP contribution in [0, 0.1) is 6.92 Å². The molecular formula is C20H20N4O2. The topological polar surface area (TPSA) is 76.1 Å². The molecule has 6 heteroatoms. The molecule has 1 aromatic heterocycles. The summed E-state index contributed by atoms with van der Waals surface area (Å²) < 4.78 is 5.30. The van der Waals surface area contributed by atoms with E-state index in [1.54, 1.807) is 19.4 Å². The number of nitrogens with zero attached hydrogens (tertiary/aromatic N) is 2. The van der Waals surface area contributed by atoms with Crippen LogP contribution in [0.25, 0.3) is 0 Å². The summed E-state index contributed by atoms with van der Waals surface area (Å²) in [5, 5.41) is 5.95. The number of aryl methyl sites for hydroxylation is 1. The summed E-state index contributed by atoms with van der Waals surface area (Å²) in [6.45, 7) is 2.46. The Labute approximate surface area is 152 Å². The van der Waals surface area contributed by atoms with Crippen LogP contribution in [0.2, 0.25) is 0 Å². The van der Waals surface area contributed by atoms with E-state index in [0.29, 0.717) is 23.9 Å². The molecule has 2 aromatic carbocycles. The summed E-state index contributed by atoms with van der Waals surface area (Å²) in [7, 11) is 1.59. The first kappa shape index (κ1) is 17.4. The molecule has 0 radical (unpaired) electrons. The van der Waals surface area contributed by atoms with E-state index in [-0.39, 0.29) is 5.91 Å². The van der Waals surface area contributed by atoms with Gasteiger partial charge in [0.1, 0.15) is 11.4 Å². The average Bonchev–Trinajstić information content (AvgIpc) is 2.67. The molecule has 0 saturated carbocycles. The number of amides is 1. The number of methoxy groups -OCH3 is 1.